The van der Waals surface area contributed by atoms with Gasteiger partial charge in [0, 0.05) is 18.2 Å². The average Bonchev–Trinajstić information content (AvgIpc) is 3.56. The van der Waals surface area contributed by atoms with Crippen LogP contribution in [0.5, 0.6) is 11.5 Å². The average molecular weight is 382 g/mol. The van der Waals surface area contributed by atoms with E-state index >= 15 is 0 Å². The summed E-state index contributed by atoms with van der Waals surface area (Å²) in [5, 5.41) is 2.73. The Kier molecular flexibility index (Phi) is 6.53. The number of ether oxygens (including phenoxy) is 2. The molecule has 0 radical (unpaired) electrons. The van der Waals surface area contributed by atoms with Gasteiger partial charge in [0.15, 0.2) is 0 Å². The van der Waals surface area contributed by atoms with Crippen LogP contribution in [-0.4, -0.2) is 43.0 Å². The fourth-order valence-corrected chi connectivity index (χ4v) is 2.96. The molecule has 0 unspecified atom stereocenters. The standard InChI is InChI=1S/C22H26N2O4/c1-3-28-20-12-6-17(7-13-20)22(26)23-14-21(25)24(18-8-9-18)15-16-4-10-19(27-2)11-5-16/h4-7,10-13,18H,3,8-9,14-15H2,1-2H3,(H,23,26). The molecule has 0 aromatic heterocycles. The molecule has 6 nitrogen and oxygen atoms in total. The molecule has 2 aromatic rings. The molecule has 6 heteroatoms. The monoisotopic (exact) mass is 382 g/mol. The van der Waals surface area contributed by atoms with Gasteiger partial charge in [-0.25, -0.2) is 0 Å². The van der Waals surface area contributed by atoms with E-state index in [1.165, 1.54) is 0 Å². The molecule has 1 fully saturated rings. The first-order chi connectivity index (χ1) is 13.6. The Bertz CT molecular complexity index is 798. The number of nitrogens with one attached hydrogen (secondary N) is 1. The van der Waals surface area contributed by atoms with Crippen LogP contribution in [0.15, 0.2) is 48.5 Å². The van der Waals surface area contributed by atoms with Gasteiger partial charge < -0.3 is 19.7 Å². The summed E-state index contributed by atoms with van der Waals surface area (Å²) in [6.45, 7) is 3.00. The van der Waals surface area contributed by atoms with Crippen molar-refractivity contribution in [3.05, 3.63) is 59.7 Å². The number of methoxy groups -OCH3 is 1. The predicted molar refractivity (Wildman–Crippen MR) is 107 cm³/mol. The first-order valence-corrected chi connectivity index (χ1v) is 9.54. The SMILES string of the molecule is CCOc1ccc(C(=O)NCC(=O)N(Cc2ccc(OC)cc2)C2CC2)cc1. The molecule has 1 aliphatic carbocycles. The van der Waals surface area contributed by atoms with E-state index in [-0.39, 0.29) is 24.4 Å². The van der Waals surface area contributed by atoms with E-state index in [9.17, 15) is 9.59 Å². The van der Waals surface area contributed by atoms with Crippen molar-refractivity contribution in [1.29, 1.82) is 0 Å². The van der Waals surface area contributed by atoms with Gasteiger partial charge in [-0.2, -0.15) is 0 Å². The van der Waals surface area contributed by atoms with Crippen LogP contribution in [0.2, 0.25) is 0 Å². The number of hydrogen-bond acceptors (Lipinski definition) is 4. The summed E-state index contributed by atoms with van der Waals surface area (Å²) in [6, 6.07) is 14.8. The quantitative estimate of drug-likeness (QED) is 0.724. The van der Waals surface area contributed by atoms with Gasteiger partial charge in [0.25, 0.3) is 5.91 Å². The van der Waals surface area contributed by atoms with Gasteiger partial charge in [-0.1, -0.05) is 12.1 Å². The molecule has 0 bridgehead atoms. The molecule has 2 amide bonds. The lowest BCUT2D eigenvalue weighted by molar-refractivity contribution is -0.131. The van der Waals surface area contributed by atoms with Crippen molar-refractivity contribution in [3.63, 3.8) is 0 Å². The summed E-state index contributed by atoms with van der Waals surface area (Å²) in [5.74, 6) is 1.17. The van der Waals surface area contributed by atoms with Crippen LogP contribution in [0, 0.1) is 0 Å². The molecule has 148 valence electrons. The molecule has 1 saturated carbocycles. The number of hydrogen-bond donors (Lipinski definition) is 1. The summed E-state index contributed by atoms with van der Waals surface area (Å²) in [7, 11) is 1.63. The molecule has 0 saturated heterocycles. The highest BCUT2D eigenvalue weighted by Gasteiger charge is 2.32. The van der Waals surface area contributed by atoms with E-state index in [4.69, 9.17) is 9.47 Å². The van der Waals surface area contributed by atoms with Crippen LogP contribution in [-0.2, 0) is 11.3 Å². The fraction of sp³-hybridized carbons (Fsp3) is 0.364. The van der Waals surface area contributed by atoms with Gasteiger partial charge in [-0.15, -0.1) is 0 Å². The summed E-state index contributed by atoms with van der Waals surface area (Å²) in [4.78, 5) is 26.9. The predicted octanol–water partition coefficient (Wildman–Crippen LogP) is 3.01. The molecule has 28 heavy (non-hydrogen) atoms. The summed E-state index contributed by atoms with van der Waals surface area (Å²) in [6.07, 6.45) is 2.02. The Morgan fingerprint density at radius 2 is 1.68 bits per heavy atom. The topological polar surface area (TPSA) is 67.9 Å². The van der Waals surface area contributed by atoms with Crippen molar-refractivity contribution in [2.24, 2.45) is 0 Å². The lowest BCUT2D eigenvalue weighted by Gasteiger charge is -2.23. The van der Waals surface area contributed by atoms with E-state index in [0.717, 1.165) is 29.9 Å². The third-order valence-electron chi connectivity index (χ3n) is 4.65. The van der Waals surface area contributed by atoms with Gasteiger partial charge in [-0.3, -0.25) is 9.59 Å². The molecular weight excluding hydrogens is 356 g/mol. The summed E-state index contributed by atoms with van der Waals surface area (Å²) < 4.78 is 10.5. The zero-order valence-corrected chi connectivity index (χ0v) is 16.3. The van der Waals surface area contributed by atoms with Crippen molar-refractivity contribution < 1.29 is 19.1 Å². The van der Waals surface area contributed by atoms with Gasteiger partial charge in [0.05, 0.1) is 20.3 Å². The number of rotatable bonds is 9. The zero-order valence-electron chi connectivity index (χ0n) is 16.3. The Labute approximate surface area is 165 Å². The highest BCUT2D eigenvalue weighted by Crippen LogP contribution is 2.28. The summed E-state index contributed by atoms with van der Waals surface area (Å²) >= 11 is 0. The van der Waals surface area contributed by atoms with Crippen LogP contribution in [0.25, 0.3) is 0 Å². The number of nitrogens with zero attached hydrogens (tertiary/aromatic N) is 1. The first-order valence-electron chi connectivity index (χ1n) is 9.54. The maximum atomic E-state index is 12.7. The van der Waals surface area contributed by atoms with Gasteiger partial charge in [0.1, 0.15) is 11.5 Å². The maximum absolute atomic E-state index is 12.7. The Morgan fingerprint density at radius 1 is 1.04 bits per heavy atom. The third-order valence-corrected chi connectivity index (χ3v) is 4.65. The van der Waals surface area contributed by atoms with E-state index in [0.29, 0.717) is 18.7 Å². The first kappa shape index (κ1) is 19.7. The van der Waals surface area contributed by atoms with Crippen molar-refractivity contribution >= 4 is 11.8 Å². The van der Waals surface area contributed by atoms with Crippen LogP contribution in [0.3, 0.4) is 0 Å². The third kappa shape index (κ3) is 5.25. The van der Waals surface area contributed by atoms with Gasteiger partial charge >= 0.3 is 0 Å². The van der Waals surface area contributed by atoms with Crippen molar-refractivity contribution in [3.8, 4) is 11.5 Å². The van der Waals surface area contributed by atoms with Crippen LogP contribution >= 0.6 is 0 Å². The van der Waals surface area contributed by atoms with E-state index in [1.54, 1.807) is 31.4 Å². The fourth-order valence-electron chi connectivity index (χ4n) is 2.96. The summed E-state index contributed by atoms with van der Waals surface area (Å²) in [5.41, 5.74) is 1.54. The molecule has 0 aliphatic heterocycles. The number of carbonyl (C=O) groups is 2. The molecule has 0 heterocycles. The second kappa shape index (κ2) is 9.26. The minimum absolute atomic E-state index is 0.0152. The van der Waals surface area contributed by atoms with Gasteiger partial charge in [-0.05, 0) is 61.7 Å². The van der Waals surface area contributed by atoms with Gasteiger partial charge in [0.2, 0.25) is 5.91 Å². The smallest absolute Gasteiger partial charge is 0.251 e. The molecule has 2 aromatic carbocycles. The molecular formula is C22H26N2O4. The molecule has 0 spiro atoms. The van der Waals surface area contributed by atoms with E-state index < -0.39 is 0 Å². The molecule has 1 N–H and O–H groups in total. The Balaban J connectivity index is 1.55. The van der Waals surface area contributed by atoms with Crippen molar-refractivity contribution in [2.45, 2.75) is 32.4 Å². The minimum atomic E-state index is -0.267. The van der Waals surface area contributed by atoms with E-state index in [1.807, 2.05) is 36.1 Å². The van der Waals surface area contributed by atoms with Crippen LogP contribution in [0.4, 0.5) is 0 Å². The Morgan fingerprint density at radius 3 is 2.25 bits per heavy atom. The normalized spacial score (nSPS) is 12.9. The largest absolute Gasteiger partial charge is 0.497 e. The van der Waals surface area contributed by atoms with Crippen LogP contribution < -0.4 is 14.8 Å². The number of carbonyl (C=O) groups excluding carboxylic acids is 2. The second-order valence-electron chi connectivity index (χ2n) is 6.74. The highest BCUT2D eigenvalue weighted by molar-refractivity contribution is 5.96. The lowest BCUT2D eigenvalue weighted by atomic mass is 10.2. The highest BCUT2D eigenvalue weighted by atomic mass is 16.5. The molecule has 0 atom stereocenters. The van der Waals surface area contributed by atoms with Crippen LogP contribution in [0.1, 0.15) is 35.7 Å². The second-order valence-corrected chi connectivity index (χ2v) is 6.74. The molecule has 1 aliphatic rings. The lowest BCUT2D eigenvalue weighted by Crippen LogP contribution is -2.41. The Hall–Kier alpha value is -3.02. The number of amides is 2. The van der Waals surface area contributed by atoms with Crippen molar-refractivity contribution in [2.75, 3.05) is 20.3 Å². The van der Waals surface area contributed by atoms with E-state index in [2.05, 4.69) is 5.32 Å². The minimum Gasteiger partial charge on any atom is -0.497 e. The zero-order chi connectivity index (χ0) is 19.9. The number of benzene rings is 2. The maximum Gasteiger partial charge on any atom is 0.251 e. The molecule has 3 rings (SSSR count). The van der Waals surface area contributed by atoms with Crippen molar-refractivity contribution in [1.82, 2.24) is 10.2 Å².